The monoisotopic (exact) mass is 413 g/mol. The van der Waals surface area contributed by atoms with Crippen LogP contribution in [0.4, 0.5) is 16.3 Å². The number of aromatic nitrogens is 2. The van der Waals surface area contributed by atoms with Crippen molar-refractivity contribution < 1.29 is 14.3 Å². The normalized spacial score (nSPS) is 17.1. The summed E-state index contributed by atoms with van der Waals surface area (Å²) in [5.74, 6) is 1.00. The molecule has 0 aliphatic carbocycles. The van der Waals surface area contributed by atoms with E-state index in [1.54, 1.807) is 6.20 Å². The molecule has 1 fully saturated rings. The Labute approximate surface area is 178 Å². The van der Waals surface area contributed by atoms with E-state index in [0.717, 1.165) is 29.9 Å². The van der Waals surface area contributed by atoms with E-state index in [0.29, 0.717) is 36.5 Å². The van der Waals surface area contributed by atoms with Gasteiger partial charge < -0.3 is 14.8 Å². The lowest BCUT2D eigenvalue weighted by molar-refractivity contribution is -0.0563. The van der Waals surface area contributed by atoms with Gasteiger partial charge in [-0.1, -0.05) is 0 Å². The van der Waals surface area contributed by atoms with Crippen molar-refractivity contribution in [2.45, 2.75) is 46.8 Å². The molecule has 2 N–H and O–H groups in total. The molecule has 1 saturated heterocycles. The van der Waals surface area contributed by atoms with Gasteiger partial charge in [0.25, 0.3) is 0 Å². The summed E-state index contributed by atoms with van der Waals surface area (Å²) in [5, 5.41) is 5.55. The quantitative estimate of drug-likeness (QED) is 0.753. The maximum absolute atomic E-state index is 12.5. The molecule has 30 heavy (non-hydrogen) atoms. The zero-order chi connectivity index (χ0) is 21.7. The van der Waals surface area contributed by atoms with Crippen molar-refractivity contribution >= 4 is 17.5 Å². The van der Waals surface area contributed by atoms with Gasteiger partial charge in [-0.3, -0.25) is 15.2 Å². The second-order valence-electron chi connectivity index (χ2n) is 7.95. The number of anilines is 2. The van der Waals surface area contributed by atoms with Gasteiger partial charge in [-0.2, -0.15) is 0 Å². The minimum absolute atomic E-state index is 0.00716. The van der Waals surface area contributed by atoms with Crippen molar-refractivity contribution in [3.8, 4) is 5.75 Å². The molecule has 0 unspecified atom stereocenters. The second kappa shape index (κ2) is 9.86. The van der Waals surface area contributed by atoms with Crippen LogP contribution in [0.25, 0.3) is 0 Å². The molecule has 1 atom stereocenters. The van der Waals surface area contributed by atoms with Crippen molar-refractivity contribution in [2.75, 3.05) is 36.9 Å². The molecule has 2 aromatic rings. The number of carbonyl (C=O) groups is 1. The molecular formula is C22H31N5O3. The largest absolute Gasteiger partial charge is 0.489 e. The highest BCUT2D eigenvalue weighted by Gasteiger charge is 2.23. The molecule has 0 radical (unpaired) electrons. The number of hydrogen-bond acceptors (Lipinski definition) is 6. The zero-order valence-corrected chi connectivity index (χ0v) is 18.4. The van der Waals surface area contributed by atoms with Crippen LogP contribution < -0.4 is 15.4 Å². The molecule has 1 aromatic heterocycles. The van der Waals surface area contributed by atoms with Gasteiger partial charge >= 0.3 is 6.03 Å². The Kier molecular flexibility index (Phi) is 7.23. The van der Waals surface area contributed by atoms with Gasteiger partial charge in [0.1, 0.15) is 18.5 Å². The first kappa shape index (κ1) is 22.0. The number of hydrogen-bond donors (Lipinski definition) is 2. The highest BCUT2D eigenvalue weighted by molar-refractivity contribution is 6.00. The average molecular weight is 414 g/mol. The van der Waals surface area contributed by atoms with Crippen LogP contribution in [0, 0.1) is 20.8 Å². The minimum atomic E-state index is -0.402. The summed E-state index contributed by atoms with van der Waals surface area (Å²) in [6, 6.07) is 3.93. The van der Waals surface area contributed by atoms with E-state index in [4.69, 9.17) is 9.47 Å². The van der Waals surface area contributed by atoms with E-state index in [9.17, 15) is 4.79 Å². The molecule has 162 valence electrons. The maximum atomic E-state index is 12.5. The molecule has 0 spiro atoms. The van der Waals surface area contributed by atoms with Crippen molar-refractivity contribution in [1.82, 2.24) is 14.9 Å². The van der Waals surface area contributed by atoms with Crippen molar-refractivity contribution in [2.24, 2.45) is 0 Å². The van der Waals surface area contributed by atoms with Crippen LogP contribution in [-0.2, 0) is 4.74 Å². The lowest BCUT2D eigenvalue weighted by Gasteiger charge is -2.35. The summed E-state index contributed by atoms with van der Waals surface area (Å²) in [4.78, 5) is 23.1. The summed E-state index contributed by atoms with van der Waals surface area (Å²) in [5.41, 5.74) is 3.54. The lowest BCUT2D eigenvalue weighted by atomic mass is 10.1. The Bertz CT molecular complexity index is 870. The number of rotatable bonds is 6. The van der Waals surface area contributed by atoms with Gasteiger partial charge in [-0.25, -0.2) is 9.78 Å². The second-order valence-corrected chi connectivity index (χ2v) is 7.95. The van der Waals surface area contributed by atoms with E-state index in [1.807, 2.05) is 32.9 Å². The maximum Gasteiger partial charge on any atom is 0.324 e. The van der Waals surface area contributed by atoms with Crippen molar-refractivity contribution in [1.29, 1.82) is 0 Å². The number of morpholine rings is 1. The Hall–Kier alpha value is -2.71. The third-order valence-electron chi connectivity index (χ3n) is 5.19. The highest BCUT2D eigenvalue weighted by Crippen LogP contribution is 2.29. The number of amides is 2. The molecule has 8 heteroatoms. The summed E-state index contributed by atoms with van der Waals surface area (Å²) >= 11 is 0. The number of nitrogens with one attached hydrogen (secondary N) is 2. The van der Waals surface area contributed by atoms with E-state index in [1.165, 1.54) is 6.20 Å². The first-order valence-corrected chi connectivity index (χ1v) is 10.3. The molecule has 0 saturated carbocycles. The first-order valence-electron chi connectivity index (χ1n) is 10.3. The smallest absolute Gasteiger partial charge is 0.324 e. The van der Waals surface area contributed by atoms with Crippen LogP contribution in [0.1, 0.15) is 30.7 Å². The van der Waals surface area contributed by atoms with E-state index in [2.05, 4.69) is 39.3 Å². The number of carbonyl (C=O) groups excluding carboxylic acids is 1. The van der Waals surface area contributed by atoms with Crippen molar-refractivity contribution in [3.63, 3.8) is 0 Å². The standard InChI is InChI=1S/C22H31N5O3/c1-14(2)27-6-7-29-18(12-27)13-30-20-9-16(4)15(3)8-19(20)25-22(28)26-21-11-23-17(5)10-24-21/h8-11,14,18H,6-7,12-13H2,1-5H3,(H2,24,25,26,28)/t18-/m0/s1. The zero-order valence-electron chi connectivity index (χ0n) is 18.4. The highest BCUT2D eigenvalue weighted by atomic mass is 16.5. The Balaban J connectivity index is 1.66. The van der Waals surface area contributed by atoms with E-state index >= 15 is 0 Å². The Morgan fingerprint density at radius 1 is 1.20 bits per heavy atom. The number of aryl methyl sites for hydroxylation is 3. The minimum Gasteiger partial charge on any atom is -0.489 e. The molecule has 1 aliphatic heterocycles. The topological polar surface area (TPSA) is 88.6 Å². The van der Waals surface area contributed by atoms with Crippen LogP contribution in [0.15, 0.2) is 24.5 Å². The molecule has 0 bridgehead atoms. The van der Waals surface area contributed by atoms with Gasteiger partial charge in [0.15, 0.2) is 5.82 Å². The van der Waals surface area contributed by atoms with Crippen LogP contribution >= 0.6 is 0 Å². The summed E-state index contributed by atoms with van der Waals surface area (Å²) in [7, 11) is 0. The first-order chi connectivity index (χ1) is 14.3. The fourth-order valence-electron chi connectivity index (χ4n) is 3.23. The molecule has 1 aliphatic rings. The molecule has 2 amide bonds. The fourth-order valence-corrected chi connectivity index (χ4v) is 3.23. The average Bonchev–Trinajstić information content (AvgIpc) is 2.71. The molecule has 2 heterocycles. The van der Waals surface area contributed by atoms with Crippen LogP contribution in [-0.4, -0.2) is 59.3 Å². The van der Waals surface area contributed by atoms with Crippen LogP contribution in [0.5, 0.6) is 5.75 Å². The van der Waals surface area contributed by atoms with Gasteiger partial charge in [-0.05, 0) is 57.9 Å². The van der Waals surface area contributed by atoms with Crippen LogP contribution in [0.2, 0.25) is 0 Å². The van der Waals surface area contributed by atoms with Gasteiger partial charge in [0, 0.05) is 19.1 Å². The lowest BCUT2D eigenvalue weighted by Crippen LogP contribution is -2.47. The summed E-state index contributed by atoms with van der Waals surface area (Å²) in [6.45, 7) is 13.1. The van der Waals surface area contributed by atoms with Gasteiger partial charge in [-0.15, -0.1) is 0 Å². The number of nitrogens with zero attached hydrogens (tertiary/aromatic N) is 3. The molecule has 1 aromatic carbocycles. The third kappa shape index (κ3) is 5.90. The summed E-state index contributed by atoms with van der Waals surface area (Å²) < 4.78 is 11.9. The number of urea groups is 1. The summed E-state index contributed by atoms with van der Waals surface area (Å²) in [6.07, 6.45) is 3.12. The van der Waals surface area contributed by atoms with Crippen LogP contribution in [0.3, 0.4) is 0 Å². The van der Waals surface area contributed by atoms with E-state index < -0.39 is 6.03 Å². The predicted molar refractivity (Wildman–Crippen MR) is 117 cm³/mol. The number of ether oxygens (including phenoxy) is 2. The van der Waals surface area contributed by atoms with E-state index in [-0.39, 0.29) is 6.10 Å². The Morgan fingerprint density at radius 3 is 2.67 bits per heavy atom. The predicted octanol–water partition coefficient (Wildman–Crippen LogP) is 3.53. The molecule has 8 nitrogen and oxygen atoms in total. The van der Waals surface area contributed by atoms with Gasteiger partial charge in [0.05, 0.1) is 30.4 Å². The molecule has 3 rings (SSSR count). The number of benzene rings is 1. The molecular weight excluding hydrogens is 382 g/mol. The third-order valence-corrected chi connectivity index (χ3v) is 5.19. The Morgan fingerprint density at radius 2 is 1.97 bits per heavy atom. The fraction of sp³-hybridized carbons (Fsp3) is 0.500. The SMILES string of the molecule is Cc1cnc(NC(=O)Nc2cc(C)c(C)cc2OC[C@@H]2CN(C(C)C)CCO2)cn1. The van der Waals surface area contributed by atoms with Crippen molar-refractivity contribution in [3.05, 3.63) is 41.3 Å². The van der Waals surface area contributed by atoms with Gasteiger partial charge in [0.2, 0.25) is 0 Å².